The van der Waals surface area contributed by atoms with Gasteiger partial charge in [0.1, 0.15) is 0 Å². The van der Waals surface area contributed by atoms with E-state index >= 15 is 0 Å². The molecule has 9 nitrogen and oxygen atoms in total. The van der Waals surface area contributed by atoms with Crippen molar-refractivity contribution in [3.63, 3.8) is 0 Å². The van der Waals surface area contributed by atoms with Crippen molar-refractivity contribution in [2.75, 3.05) is 13.9 Å². The third-order valence-corrected chi connectivity index (χ3v) is 3.61. The van der Waals surface area contributed by atoms with Gasteiger partial charge in [0.25, 0.3) is 5.89 Å². The molecule has 0 amide bonds. The molecule has 0 bridgehead atoms. The molecule has 0 N–H and O–H groups in total. The molecule has 0 radical (unpaired) electrons. The van der Waals surface area contributed by atoms with Gasteiger partial charge in [-0.15, -0.1) is 0 Å². The normalized spacial score (nSPS) is 12.0. The topological polar surface area (TPSA) is 106 Å². The van der Waals surface area contributed by atoms with Gasteiger partial charge in [-0.3, -0.25) is 0 Å². The summed E-state index contributed by atoms with van der Waals surface area (Å²) < 4.78 is 25.8. The van der Waals surface area contributed by atoms with Gasteiger partial charge in [0.05, 0.1) is 12.7 Å². The predicted molar refractivity (Wildman–Crippen MR) is 85.8 cm³/mol. The molecule has 1 aliphatic rings. The van der Waals surface area contributed by atoms with Crippen LogP contribution in [0.2, 0.25) is 0 Å². The Morgan fingerprint density at radius 3 is 2.88 bits per heavy atom. The van der Waals surface area contributed by atoms with Crippen molar-refractivity contribution in [1.82, 2.24) is 15.1 Å². The van der Waals surface area contributed by atoms with Gasteiger partial charge in [-0.1, -0.05) is 5.16 Å². The van der Waals surface area contributed by atoms with Crippen LogP contribution in [0.4, 0.5) is 0 Å². The summed E-state index contributed by atoms with van der Waals surface area (Å²) in [5, 5.41) is 3.88. The lowest BCUT2D eigenvalue weighted by atomic mass is 10.2. The molecule has 0 unspecified atom stereocenters. The number of methoxy groups -OCH3 is 1. The van der Waals surface area contributed by atoms with Gasteiger partial charge in [0.15, 0.2) is 18.1 Å². The summed E-state index contributed by atoms with van der Waals surface area (Å²) in [5.41, 5.74) is 0.997. The standard InChI is InChI=1S/C17H13N3O6/c1-22-14-5-3-11(7-18-14)17(21)23-8-15-19-16(20-26-15)10-2-4-12-13(6-10)25-9-24-12/h2-7H,8-9H2,1H3. The maximum absolute atomic E-state index is 12.0. The van der Waals surface area contributed by atoms with Crippen molar-refractivity contribution in [3.8, 4) is 28.8 Å². The van der Waals surface area contributed by atoms with E-state index in [0.717, 1.165) is 0 Å². The number of esters is 1. The second-order valence-corrected chi connectivity index (χ2v) is 5.25. The van der Waals surface area contributed by atoms with E-state index in [4.69, 9.17) is 23.5 Å². The summed E-state index contributed by atoms with van der Waals surface area (Å²) in [6, 6.07) is 8.44. The van der Waals surface area contributed by atoms with Gasteiger partial charge in [-0.05, 0) is 24.3 Å². The van der Waals surface area contributed by atoms with E-state index in [1.165, 1.54) is 13.3 Å². The van der Waals surface area contributed by atoms with Gasteiger partial charge >= 0.3 is 5.97 Å². The monoisotopic (exact) mass is 355 g/mol. The number of hydrogen-bond acceptors (Lipinski definition) is 9. The number of aromatic nitrogens is 3. The number of carbonyl (C=O) groups excluding carboxylic acids is 1. The largest absolute Gasteiger partial charge is 0.481 e. The Morgan fingerprint density at radius 1 is 1.19 bits per heavy atom. The summed E-state index contributed by atoms with van der Waals surface area (Å²) in [6.07, 6.45) is 1.37. The summed E-state index contributed by atoms with van der Waals surface area (Å²) in [5.74, 6) is 1.68. The van der Waals surface area contributed by atoms with Gasteiger partial charge in [-0.2, -0.15) is 4.98 Å². The molecule has 3 aromatic rings. The first kappa shape index (κ1) is 15.9. The fourth-order valence-corrected chi connectivity index (χ4v) is 2.30. The smallest absolute Gasteiger partial charge is 0.340 e. The Labute approximate surface area is 147 Å². The van der Waals surface area contributed by atoms with E-state index < -0.39 is 5.97 Å². The van der Waals surface area contributed by atoms with Gasteiger partial charge < -0.3 is 23.5 Å². The van der Waals surface area contributed by atoms with Crippen LogP contribution in [-0.2, 0) is 11.3 Å². The zero-order valence-electron chi connectivity index (χ0n) is 13.7. The molecule has 0 spiro atoms. The first-order valence-corrected chi connectivity index (χ1v) is 7.63. The van der Waals surface area contributed by atoms with Crippen LogP contribution in [-0.4, -0.2) is 35.0 Å². The summed E-state index contributed by atoms with van der Waals surface area (Å²) in [7, 11) is 1.49. The maximum atomic E-state index is 12.0. The summed E-state index contributed by atoms with van der Waals surface area (Å²) >= 11 is 0. The number of pyridine rings is 1. The quantitative estimate of drug-likeness (QED) is 0.637. The van der Waals surface area contributed by atoms with E-state index in [-0.39, 0.29) is 19.3 Å². The zero-order valence-corrected chi connectivity index (χ0v) is 13.7. The van der Waals surface area contributed by atoms with Gasteiger partial charge in [0.2, 0.25) is 18.5 Å². The fraction of sp³-hybridized carbons (Fsp3) is 0.176. The molecule has 1 aromatic carbocycles. The maximum Gasteiger partial charge on any atom is 0.340 e. The van der Waals surface area contributed by atoms with E-state index in [2.05, 4.69) is 15.1 Å². The molecule has 0 aliphatic carbocycles. The summed E-state index contributed by atoms with van der Waals surface area (Å²) in [4.78, 5) is 20.2. The molecule has 4 rings (SSSR count). The molecular formula is C17H13N3O6. The molecule has 1 aliphatic heterocycles. The van der Waals surface area contributed by atoms with Crippen LogP contribution in [0.15, 0.2) is 41.1 Å². The Kier molecular flexibility index (Phi) is 4.10. The van der Waals surface area contributed by atoms with Crippen LogP contribution in [0.5, 0.6) is 17.4 Å². The number of nitrogens with zero attached hydrogens (tertiary/aromatic N) is 3. The van der Waals surface area contributed by atoms with Gasteiger partial charge in [0, 0.05) is 17.8 Å². The van der Waals surface area contributed by atoms with Crippen LogP contribution in [0.25, 0.3) is 11.4 Å². The predicted octanol–water partition coefficient (Wildman–Crippen LogP) is 2.23. The lowest BCUT2D eigenvalue weighted by Crippen LogP contribution is -2.06. The van der Waals surface area contributed by atoms with Crippen LogP contribution in [0.1, 0.15) is 16.2 Å². The van der Waals surface area contributed by atoms with E-state index in [1.54, 1.807) is 30.3 Å². The Morgan fingerprint density at radius 2 is 2.08 bits per heavy atom. The van der Waals surface area contributed by atoms with Crippen molar-refractivity contribution in [1.29, 1.82) is 0 Å². The third-order valence-electron chi connectivity index (χ3n) is 3.61. The number of ether oxygens (including phenoxy) is 4. The molecule has 0 fully saturated rings. The Balaban J connectivity index is 1.41. The van der Waals surface area contributed by atoms with Crippen LogP contribution < -0.4 is 14.2 Å². The average Bonchev–Trinajstić information content (AvgIpc) is 3.34. The molecule has 132 valence electrons. The molecule has 2 aromatic heterocycles. The SMILES string of the molecule is COc1ccc(C(=O)OCc2nc(-c3ccc4c(c3)OCO4)no2)cn1. The average molecular weight is 355 g/mol. The lowest BCUT2D eigenvalue weighted by molar-refractivity contribution is 0.0429. The molecular weight excluding hydrogens is 342 g/mol. The third kappa shape index (κ3) is 3.14. The number of carbonyl (C=O) groups is 1. The second kappa shape index (κ2) is 6.71. The highest BCUT2D eigenvalue weighted by atomic mass is 16.7. The molecule has 0 saturated heterocycles. The highest BCUT2D eigenvalue weighted by molar-refractivity contribution is 5.89. The van der Waals surface area contributed by atoms with Crippen molar-refractivity contribution >= 4 is 5.97 Å². The Hall–Kier alpha value is -3.62. The number of hydrogen-bond donors (Lipinski definition) is 0. The van der Waals surface area contributed by atoms with Crippen LogP contribution >= 0.6 is 0 Å². The van der Waals surface area contributed by atoms with Crippen LogP contribution in [0.3, 0.4) is 0 Å². The number of benzene rings is 1. The first-order chi connectivity index (χ1) is 12.7. The lowest BCUT2D eigenvalue weighted by Gasteiger charge is -2.02. The minimum absolute atomic E-state index is 0.150. The highest BCUT2D eigenvalue weighted by Gasteiger charge is 2.17. The zero-order chi connectivity index (χ0) is 17.9. The van der Waals surface area contributed by atoms with Crippen molar-refractivity contribution in [2.45, 2.75) is 6.61 Å². The highest BCUT2D eigenvalue weighted by Crippen LogP contribution is 2.35. The molecule has 0 atom stereocenters. The van der Waals surface area contributed by atoms with Crippen molar-refractivity contribution < 1.29 is 28.3 Å². The first-order valence-electron chi connectivity index (χ1n) is 7.63. The molecule has 9 heteroatoms. The van der Waals surface area contributed by atoms with Crippen LogP contribution in [0, 0.1) is 0 Å². The van der Waals surface area contributed by atoms with E-state index in [9.17, 15) is 4.79 Å². The number of fused-ring (bicyclic) bond motifs is 1. The van der Waals surface area contributed by atoms with E-state index in [1.807, 2.05) is 0 Å². The molecule has 26 heavy (non-hydrogen) atoms. The minimum atomic E-state index is -0.553. The van der Waals surface area contributed by atoms with Gasteiger partial charge in [-0.25, -0.2) is 9.78 Å². The second-order valence-electron chi connectivity index (χ2n) is 5.25. The minimum Gasteiger partial charge on any atom is -0.481 e. The summed E-state index contributed by atoms with van der Waals surface area (Å²) in [6.45, 7) is 0.0366. The molecule has 3 heterocycles. The fourth-order valence-electron chi connectivity index (χ4n) is 2.30. The number of rotatable bonds is 5. The molecule has 0 saturated carbocycles. The van der Waals surface area contributed by atoms with Crippen molar-refractivity contribution in [3.05, 3.63) is 48.0 Å². The Bertz CT molecular complexity index is 938. The van der Waals surface area contributed by atoms with E-state index in [0.29, 0.717) is 34.3 Å². The van der Waals surface area contributed by atoms with Crippen molar-refractivity contribution in [2.24, 2.45) is 0 Å².